The Kier molecular flexibility index (Phi) is 4.46. The number of thiophene rings is 1. The zero-order valence-electron chi connectivity index (χ0n) is 4.05. The van der Waals surface area contributed by atoms with Gasteiger partial charge in [-0.3, -0.25) is 0 Å². The Morgan fingerprint density at radius 1 is 1.57 bits per heavy atom. The molecule has 0 aliphatic carbocycles. The van der Waals surface area contributed by atoms with Gasteiger partial charge in [-0.05, 0) is 0 Å². The third-order valence-electron chi connectivity index (χ3n) is 0.663. The van der Waals surface area contributed by atoms with Crippen LogP contribution in [0.15, 0.2) is 17.5 Å². The van der Waals surface area contributed by atoms with Crippen LogP contribution in [-0.2, 0) is 0 Å². The molecule has 0 bridgehead atoms. The van der Waals surface area contributed by atoms with Crippen LogP contribution in [0.25, 0.3) is 0 Å². The van der Waals surface area contributed by atoms with Crippen LogP contribution < -0.4 is 3.71 Å². The molecule has 40 valence electrons. The fourth-order valence-corrected chi connectivity index (χ4v) is 2.15. The Balaban J connectivity index is 0.000000360. The Hall–Kier alpha value is 0.973. The maximum atomic E-state index is 2.19. The van der Waals surface area contributed by atoms with Gasteiger partial charge in [0.05, 0.1) is 0 Å². The van der Waals surface area contributed by atoms with E-state index in [0.717, 1.165) is 16.5 Å². The van der Waals surface area contributed by atoms with Crippen LogP contribution in [-0.4, -0.2) is 16.5 Å². The third kappa shape index (κ3) is 2.71. The maximum absolute atomic E-state index is 2.19. The van der Waals surface area contributed by atoms with Crippen molar-refractivity contribution in [3.63, 3.8) is 0 Å². The predicted molar refractivity (Wildman–Crippen MR) is 49.3 cm³/mol. The monoisotopic (exact) mass is 288 g/mol. The van der Waals surface area contributed by atoms with Gasteiger partial charge in [-0.1, -0.05) is 0 Å². The van der Waals surface area contributed by atoms with Crippen molar-refractivity contribution < 1.29 is 0 Å². The van der Waals surface area contributed by atoms with Gasteiger partial charge in [0.15, 0.2) is 0 Å². The standard InChI is InChI=1S/C4H6GeS.HI/c5-4-2-1-3-6-4;/h1-3H,5H3;1H. The topological polar surface area (TPSA) is 0 Å². The first-order valence-corrected chi connectivity index (χ1v) is 4.87. The molecular weight excluding hydrogens is 280 g/mol. The van der Waals surface area contributed by atoms with Crippen molar-refractivity contribution in [2.45, 2.75) is 0 Å². The van der Waals surface area contributed by atoms with Crippen molar-refractivity contribution in [1.82, 2.24) is 0 Å². The second-order valence-electron chi connectivity index (χ2n) is 1.22. The van der Waals surface area contributed by atoms with Gasteiger partial charge in [0, 0.05) is 0 Å². The summed E-state index contributed by atoms with van der Waals surface area (Å²) in [6.07, 6.45) is 0. The van der Waals surface area contributed by atoms with E-state index in [9.17, 15) is 0 Å². The number of hydrogen-bond donors (Lipinski definition) is 0. The number of halogens is 1. The van der Waals surface area contributed by atoms with Crippen LogP contribution in [0.2, 0.25) is 0 Å². The van der Waals surface area contributed by atoms with E-state index in [2.05, 4.69) is 17.5 Å². The Morgan fingerprint density at radius 2 is 2.29 bits per heavy atom. The van der Waals surface area contributed by atoms with Crippen molar-refractivity contribution in [2.75, 3.05) is 0 Å². The molecule has 7 heavy (non-hydrogen) atoms. The van der Waals surface area contributed by atoms with Crippen LogP contribution in [0.3, 0.4) is 0 Å². The van der Waals surface area contributed by atoms with Crippen LogP contribution in [0.5, 0.6) is 0 Å². The minimum absolute atomic E-state index is 0. The van der Waals surface area contributed by atoms with Crippen LogP contribution in [0.4, 0.5) is 0 Å². The molecule has 3 heteroatoms. The molecule has 1 heterocycles. The predicted octanol–water partition coefficient (Wildman–Crippen LogP) is 0.357. The van der Waals surface area contributed by atoms with Crippen molar-refractivity contribution in [3.8, 4) is 0 Å². The second-order valence-corrected chi connectivity index (χ2v) is 6.16. The molecule has 1 aromatic rings. The summed E-state index contributed by atoms with van der Waals surface area (Å²) in [6.45, 7) is 0. The summed E-state index contributed by atoms with van der Waals surface area (Å²) in [5.74, 6) is 0. The van der Waals surface area contributed by atoms with Crippen LogP contribution in [0.1, 0.15) is 0 Å². The fraction of sp³-hybridized carbons (Fsp3) is 0. The molecular formula is C4H7GeIS. The average Bonchev–Trinajstić information content (AvgIpc) is 1.86. The molecule has 0 nitrogen and oxygen atoms in total. The molecule has 0 saturated heterocycles. The van der Waals surface area contributed by atoms with Crippen LogP contribution >= 0.6 is 35.3 Å². The van der Waals surface area contributed by atoms with Gasteiger partial charge >= 0.3 is 49.1 Å². The second kappa shape index (κ2) is 3.91. The van der Waals surface area contributed by atoms with Crippen molar-refractivity contribution >= 4 is 55.5 Å². The van der Waals surface area contributed by atoms with Crippen LogP contribution in [0, 0.1) is 0 Å². The first-order chi connectivity index (χ1) is 2.89. The summed E-state index contributed by atoms with van der Waals surface area (Å²) < 4.78 is 1.57. The normalized spacial score (nSPS) is 8.00. The van der Waals surface area contributed by atoms with Crippen molar-refractivity contribution in [3.05, 3.63) is 17.5 Å². The summed E-state index contributed by atoms with van der Waals surface area (Å²) in [5, 5.41) is 2.13. The van der Waals surface area contributed by atoms with Gasteiger partial charge in [0.2, 0.25) is 0 Å². The van der Waals surface area contributed by atoms with Gasteiger partial charge in [-0.15, -0.1) is 24.0 Å². The van der Waals surface area contributed by atoms with Gasteiger partial charge in [0.1, 0.15) is 0 Å². The first kappa shape index (κ1) is 7.97. The molecule has 0 saturated carbocycles. The Bertz CT molecular complexity index is 115. The van der Waals surface area contributed by atoms with Gasteiger partial charge in [-0.2, -0.15) is 0 Å². The van der Waals surface area contributed by atoms with Gasteiger partial charge in [0.25, 0.3) is 0 Å². The molecule has 0 radical (unpaired) electrons. The summed E-state index contributed by atoms with van der Waals surface area (Å²) >= 11 is 2.77. The molecule has 0 fully saturated rings. The van der Waals surface area contributed by atoms with E-state index in [1.807, 2.05) is 11.3 Å². The van der Waals surface area contributed by atoms with Crippen molar-refractivity contribution in [2.24, 2.45) is 0 Å². The Morgan fingerprint density at radius 3 is 2.43 bits per heavy atom. The van der Waals surface area contributed by atoms with E-state index in [0.29, 0.717) is 0 Å². The first-order valence-electron chi connectivity index (χ1n) is 1.90. The quantitative estimate of drug-likeness (QED) is 0.477. The molecule has 0 N–H and O–H groups in total. The fourth-order valence-electron chi connectivity index (χ4n) is 0.361. The van der Waals surface area contributed by atoms with E-state index in [4.69, 9.17) is 0 Å². The van der Waals surface area contributed by atoms with Gasteiger partial charge < -0.3 is 0 Å². The molecule has 1 aromatic heterocycles. The molecule has 0 aromatic carbocycles. The SMILES string of the molecule is I.[GeH3][c]1cccs1. The summed E-state index contributed by atoms with van der Waals surface area (Å²) in [5.41, 5.74) is 0. The molecule has 0 atom stereocenters. The van der Waals surface area contributed by atoms with E-state index in [1.165, 1.54) is 0 Å². The van der Waals surface area contributed by atoms with E-state index >= 15 is 0 Å². The summed E-state index contributed by atoms with van der Waals surface area (Å²) in [4.78, 5) is 0. The van der Waals surface area contributed by atoms with Gasteiger partial charge in [-0.25, -0.2) is 0 Å². The summed E-state index contributed by atoms with van der Waals surface area (Å²) in [6, 6.07) is 4.29. The zero-order valence-corrected chi connectivity index (χ0v) is 11.4. The minimum atomic E-state index is 0. The van der Waals surface area contributed by atoms with E-state index < -0.39 is 0 Å². The molecule has 0 unspecified atom stereocenters. The molecule has 0 aliphatic heterocycles. The molecule has 0 aliphatic rings. The van der Waals surface area contributed by atoms with E-state index in [-0.39, 0.29) is 24.0 Å². The molecule has 0 spiro atoms. The van der Waals surface area contributed by atoms with Crippen molar-refractivity contribution in [1.29, 1.82) is 0 Å². The summed E-state index contributed by atoms with van der Waals surface area (Å²) in [7, 11) is 0. The third-order valence-corrected chi connectivity index (χ3v) is 3.65. The average molecular weight is 287 g/mol. The number of hydrogen-bond acceptors (Lipinski definition) is 1. The zero-order chi connectivity index (χ0) is 4.41. The Labute approximate surface area is 72.6 Å². The molecule has 0 amide bonds. The van der Waals surface area contributed by atoms with E-state index in [1.54, 1.807) is 3.71 Å². The number of rotatable bonds is 0. The molecule has 1 rings (SSSR count).